The van der Waals surface area contributed by atoms with Crippen molar-refractivity contribution in [2.75, 3.05) is 10.5 Å². The highest BCUT2D eigenvalue weighted by atomic mass is 32.2. The van der Waals surface area contributed by atoms with Gasteiger partial charge in [-0.3, -0.25) is 9.52 Å². The van der Waals surface area contributed by atoms with Gasteiger partial charge in [-0.05, 0) is 70.0 Å². The molecule has 0 fully saturated rings. The monoisotopic (exact) mass is 629 g/mol. The zero-order valence-electron chi connectivity index (χ0n) is 23.5. The Morgan fingerprint density at radius 1 is 1.00 bits per heavy atom. The summed E-state index contributed by atoms with van der Waals surface area (Å²) in [5, 5.41) is 0. The van der Waals surface area contributed by atoms with Crippen molar-refractivity contribution >= 4 is 36.5 Å². The highest BCUT2D eigenvalue weighted by molar-refractivity contribution is 7.92. The van der Waals surface area contributed by atoms with E-state index in [1.165, 1.54) is 42.9 Å². The van der Waals surface area contributed by atoms with Crippen molar-refractivity contribution in [3.05, 3.63) is 81.8 Å². The molecule has 3 rings (SSSR count). The summed E-state index contributed by atoms with van der Waals surface area (Å²) in [6.07, 6.45) is 1.36. The second kappa shape index (κ2) is 12.1. The van der Waals surface area contributed by atoms with E-state index in [2.05, 4.69) is 9.44 Å². The molecule has 1 aromatic heterocycles. The van der Waals surface area contributed by atoms with E-state index in [9.17, 15) is 30.2 Å². The lowest BCUT2D eigenvalue weighted by atomic mass is 9.97. The van der Waals surface area contributed by atoms with Crippen molar-refractivity contribution in [2.45, 2.75) is 56.1 Å². The van der Waals surface area contributed by atoms with E-state index in [4.69, 9.17) is 0 Å². The molecule has 0 spiro atoms. The minimum Gasteiger partial charge on any atom is -0.318 e. The topological polar surface area (TPSA) is 131 Å². The molecule has 0 radical (unpaired) electrons. The van der Waals surface area contributed by atoms with E-state index in [-0.39, 0.29) is 28.0 Å². The Kier molecular flexibility index (Phi) is 9.63. The van der Waals surface area contributed by atoms with Gasteiger partial charge in [0.05, 0.1) is 37.8 Å². The van der Waals surface area contributed by atoms with Gasteiger partial charge >= 0.3 is 0 Å². The summed E-state index contributed by atoms with van der Waals surface area (Å²) in [5.41, 5.74) is -0.328. The zero-order valence-corrected chi connectivity index (χ0v) is 25.9. The molecule has 0 aliphatic rings. The lowest BCUT2D eigenvalue weighted by Gasteiger charge is -2.24. The van der Waals surface area contributed by atoms with Crippen LogP contribution in [0.4, 0.5) is 14.5 Å². The van der Waals surface area contributed by atoms with E-state index < -0.39 is 75.2 Å². The fourth-order valence-corrected chi connectivity index (χ4v) is 6.86. The minimum atomic E-state index is -4.31. The number of rotatable bonds is 10. The van der Waals surface area contributed by atoms with Crippen LogP contribution in [0.5, 0.6) is 0 Å². The van der Waals surface area contributed by atoms with Crippen LogP contribution in [0.3, 0.4) is 0 Å². The first kappa shape index (κ1) is 32.6. The van der Waals surface area contributed by atoms with E-state index in [0.717, 1.165) is 24.3 Å². The first-order valence-electron chi connectivity index (χ1n) is 12.5. The van der Waals surface area contributed by atoms with Crippen LogP contribution in [0.25, 0.3) is 11.1 Å². The third kappa shape index (κ3) is 7.87. The summed E-state index contributed by atoms with van der Waals surface area (Å²) in [7, 11) is -8.40. The fraction of sp³-hybridized carbons (Fsp3) is 0.370. The summed E-state index contributed by atoms with van der Waals surface area (Å²) >= 11 is 0. The number of sulfonamides is 1. The molecule has 0 saturated heterocycles. The van der Waals surface area contributed by atoms with Crippen molar-refractivity contribution in [1.29, 1.82) is 0 Å². The van der Waals surface area contributed by atoms with Crippen LogP contribution < -0.4 is 15.0 Å². The SMILES string of the molecule is CCS(=O)(=O)Nc1cc(-c2cn(C)c(=O)cc2[C@H](C)N[S@@](=O)C(C)(C)C)c(S(=O)(=O)Cc2ccc(F)cc2)cc1F. The largest absolute Gasteiger partial charge is 0.318 e. The predicted molar refractivity (Wildman–Crippen MR) is 157 cm³/mol. The smallest absolute Gasteiger partial charge is 0.250 e. The molecular weight excluding hydrogens is 597 g/mol. The zero-order chi connectivity index (χ0) is 30.9. The number of sulfone groups is 1. The van der Waals surface area contributed by atoms with E-state index in [0.29, 0.717) is 0 Å². The number of aromatic nitrogens is 1. The van der Waals surface area contributed by atoms with Gasteiger partial charge in [0.15, 0.2) is 9.84 Å². The standard InChI is InChI=1S/C27H33F2N3O6S3/c1-7-41(37,38)31-24-12-21(25(14-23(24)29)40(35,36)16-18-8-10-19(28)11-9-18)22-15-32(6)26(33)13-20(22)17(2)30-39(34)27(3,4)5/h8-15,17,30-31H,7,16H2,1-6H3/t17-,39-/m0/s1. The first-order chi connectivity index (χ1) is 18.8. The molecule has 0 amide bonds. The van der Waals surface area contributed by atoms with Crippen LogP contribution in [0.2, 0.25) is 0 Å². The fourth-order valence-electron chi connectivity index (χ4n) is 3.85. The quantitative estimate of drug-likeness (QED) is 0.346. The molecule has 0 aliphatic carbocycles. The summed E-state index contributed by atoms with van der Waals surface area (Å²) < 4.78 is 99.1. The van der Waals surface area contributed by atoms with Gasteiger partial charge in [-0.1, -0.05) is 12.1 Å². The van der Waals surface area contributed by atoms with Crippen molar-refractivity contribution in [1.82, 2.24) is 9.29 Å². The number of aryl methyl sites for hydroxylation is 1. The molecule has 0 unspecified atom stereocenters. The van der Waals surface area contributed by atoms with Gasteiger partial charge in [-0.25, -0.2) is 34.5 Å². The number of nitrogens with zero attached hydrogens (tertiary/aromatic N) is 1. The van der Waals surface area contributed by atoms with Crippen molar-refractivity contribution < 1.29 is 29.8 Å². The molecule has 224 valence electrons. The average Bonchev–Trinajstić information content (AvgIpc) is 2.87. The molecule has 1 heterocycles. The Labute approximate surface area is 241 Å². The first-order valence-corrected chi connectivity index (χ1v) is 17.0. The van der Waals surface area contributed by atoms with Crippen molar-refractivity contribution in [3.63, 3.8) is 0 Å². The third-order valence-corrected chi connectivity index (χ3v) is 10.9. The molecule has 41 heavy (non-hydrogen) atoms. The van der Waals surface area contributed by atoms with E-state index in [1.54, 1.807) is 27.7 Å². The average molecular weight is 630 g/mol. The Bertz CT molecular complexity index is 1750. The molecule has 2 N–H and O–H groups in total. The van der Waals surface area contributed by atoms with Crippen LogP contribution in [0.1, 0.15) is 51.8 Å². The second-order valence-corrected chi connectivity index (χ2v) is 16.5. The summed E-state index contributed by atoms with van der Waals surface area (Å²) in [6, 6.07) is 7.08. The Hall–Kier alpha value is -2.94. The predicted octanol–water partition coefficient (Wildman–Crippen LogP) is 4.18. The molecule has 9 nitrogen and oxygen atoms in total. The minimum absolute atomic E-state index is 0.0805. The van der Waals surface area contributed by atoms with Crippen LogP contribution in [-0.2, 0) is 43.6 Å². The Balaban J connectivity index is 2.33. The third-order valence-electron chi connectivity index (χ3n) is 6.18. The van der Waals surface area contributed by atoms with Crippen LogP contribution in [0.15, 0.2) is 58.4 Å². The highest BCUT2D eigenvalue weighted by Gasteiger charge is 2.28. The number of anilines is 1. The molecule has 0 saturated carbocycles. The summed E-state index contributed by atoms with van der Waals surface area (Å²) in [6.45, 7) is 8.25. The molecule has 2 atom stereocenters. The second-order valence-electron chi connectivity index (χ2n) is 10.5. The number of pyridine rings is 1. The van der Waals surface area contributed by atoms with Gasteiger partial charge in [0.2, 0.25) is 10.0 Å². The molecule has 0 bridgehead atoms. The summed E-state index contributed by atoms with van der Waals surface area (Å²) in [5.74, 6) is -2.66. The maximum atomic E-state index is 15.3. The van der Waals surface area contributed by atoms with E-state index >= 15 is 4.39 Å². The maximum Gasteiger partial charge on any atom is 0.250 e. The number of benzene rings is 2. The highest BCUT2D eigenvalue weighted by Crippen LogP contribution is 2.37. The van der Waals surface area contributed by atoms with Crippen LogP contribution in [-0.4, -0.2) is 36.1 Å². The number of hydrogen-bond donors (Lipinski definition) is 2. The lowest BCUT2D eigenvalue weighted by Crippen LogP contribution is -2.35. The van der Waals surface area contributed by atoms with Gasteiger partial charge in [-0.2, -0.15) is 0 Å². The van der Waals surface area contributed by atoms with Gasteiger partial charge in [0.25, 0.3) is 5.56 Å². The van der Waals surface area contributed by atoms with E-state index in [1.807, 2.05) is 0 Å². The van der Waals surface area contributed by atoms with Crippen LogP contribution >= 0.6 is 0 Å². The molecule has 0 aliphatic heterocycles. The Morgan fingerprint density at radius 3 is 2.17 bits per heavy atom. The summed E-state index contributed by atoms with van der Waals surface area (Å²) in [4.78, 5) is 12.2. The van der Waals surface area contributed by atoms with Gasteiger partial charge in [0, 0.05) is 36.5 Å². The maximum absolute atomic E-state index is 15.3. The van der Waals surface area contributed by atoms with Crippen LogP contribution in [0, 0.1) is 11.6 Å². The number of hydrogen-bond acceptors (Lipinski definition) is 6. The molecule has 2 aromatic carbocycles. The number of nitrogens with one attached hydrogen (secondary N) is 2. The lowest BCUT2D eigenvalue weighted by molar-refractivity contribution is 0.590. The van der Waals surface area contributed by atoms with Crippen molar-refractivity contribution in [3.8, 4) is 11.1 Å². The van der Waals surface area contributed by atoms with Gasteiger partial charge < -0.3 is 4.57 Å². The molecular formula is C27H33F2N3O6S3. The van der Waals surface area contributed by atoms with Gasteiger partial charge in [0.1, 0.15) is 11.6 Å². The molecule has 14 heteroatoms. The van der Waals surface area contributed by atoms with Gasteiger partial charge in [-0.15, -0.1) is 0 Å². The number of halogens is 2. The normalized spacial score (nSPS) is 14.0. The molecule has 3 aromatic rings. The van der Waals surface area contributed by atoms with Crippen molar-refractivity contribution in [2.24, 2.45) is 7.05 Å². The Morgan fingerprint density at radius 2 is 1.61 bits per heavy atom.